The summed E-state index contributed by atoms with van der Waals surface area (Å²) in [7, 11) is 0. The molecule has 0 radical (unpaired) electrons. The molecule has 0 aromatic heterocycles. The maximum absolute atomic E-state index is 14.6. The second-order valence-corrected chi connectivity index (χ2v) is 6.12. The van der Waals surface area contributed by atoms with Gasteiger partial charge in [0.1, 0.15) is 11.6 Å². The Hall–Kier alpha value is -3.26. The first-order valence-electron chi connectivity index (χ1n) is 8.43. The molecule has 4 rings (SSSR count). The van der Waals surface area contributed by atoms with Gasteiger partial charge in [0, 0.05) is 11.1 Å². The van der Waals surface area contributed by atoms with Gasteiger partial charge in [0.25, 0.3) is 0 Å². The molecule has 0 nitrogen and oxygen atoms in total. The van der Waals surface area contributed by atoms with Gasteiger partial charge < -0.3 is 0 Å². The summed E-state index contributed by atoms with van der Waals surface area (Å²) in [6.45, 7) is 0. The van der Waals surface area contributed by atoms with Crippen LogP contribution < -0.4 is 0 Å². The quantitative estimate of drug-likeness (QED) is 0.377. The lowest BCUT2D eigenvalue weighted by molar-refractivity contribution is 0.629. The monoisotopic (exact) mass is 342 g/mol. The van der Waals surface area contributed by atoms with Gasteiger partial charge in [-0.15, -0.1) is 0 Å². The summed E-state index contributed by atoms with van der Waals surface area (Å²) in [5.74, 6) is -0.637. The van der Waals surface area contributed by atoms with Gasteiger partial charge in [-0.05, 0) is 34.4 Å². The summed E-state index contributed by atoms with van der Waals surface area (Å²) in [4.78, 5) is 0. The van der Waals surface area contributed by atoms with Gasteiger partial charge in [-0.25, -0.2) is 8.78 Å². The predicted molar refractivity (Wildman–Crippen MR) is 103 cm³/mol. The van der Waals surface area contributed by atoms with E-state index >= 15 is 0 Å². The third-order valence-corrected chi connectivity index (χ3v) is 4.44. The standard InChI is InChI=1S/C24H16F2/c25-23-15-19(11-13-21(23)17-7-3-1-4-8-17)20-12-14-22(24(26)16-20)18-9-5-2-6-10-18/h1-16H. The van der Waals surface area contributed by atoms with Crippen LogP contribution >= 0.6 is 0 Å². The number of rotatable bonds is 3. The average molecular weight is 342 g/mol. The van der Waals surface area contributed by atoms with Gasteiger partial charge in [0.2, 0.25) is 0 Å². The van der Waals surface area contributed by atoms with Crippen LogP contribution in [0, 0.1) is 11.6 Å². The van der Waals surface area contributed by atoms with Crippen LogP contribution in [-0.4, -0.2) is 0 Å². The van der Waals surface area contributed by atoms with Gasteiger partial charge in [-0.3, -0.25) is 0 Å². The second kappa shape index (κ2) is 6.93. The summed E-state index contributed by atoms with van der Waals surface area (Å²) in [6.07, 6.45) is 0. The molecule has 0 saturated heterocycles. The fraction of sp³-hybridized carbons (Fsp3) is 0. The largest absolute Gasteiger partial charge is 0.206 e. The predicted octanol–water partition coefficient (Wildman–Crippen LogP) is 6.97. The van der Waals surface area contributed by atoms with Crippen LogP contribution in [0.1, 0.15) is 0 Å². The summed E-state index contributed by atoms with van der Waals surface area (Å²) < 4.78 is 29.1. The van der Waals surface area contributed by atoms with Crippen molar-refractivity contribution in [1.29, 1.82) is 0 Å². The van der Waals surface area contributed by atoms with E-state index in [9.17, 15) is 8.78 Å². The third-order valence-electron chi connectivity index (χ3n) is 4.44. The molecule has 0 amide bonds. The van der Waals surface area contributed by atoms with E-state index in [4.69, 9.17) is 0 Å². The van der Waals surface area contributed by atoms with Crippen molar-refractivity contribution in [2.24, 2.45) is 0 Å². The van der Waals surface area contributed by atoms with Crippen LogP contribution in [0.4, 0.5) is 8.78 Å². The molecule has 0 heterocycles. The zero-order valence-electron chi connectivity index (χ0n) is 14.0. The highest BCUT2D eigenvalue weighted by Gasteiger charge is 2.10. The minimum absolute atomic E-state index is 0.318. The number of halogens is 2. The van der Waals surface area contributed by atoms with Crippen LogP contribution in [-0.2, 0) is 0 Å². The first kappa shape index (κ1) is 16.2. The third kappa shape index (κ3) is 3.14. The summed E-state index contributed by atoms with van der Waals surface area (Å²) in [5, 5.41) is 0. The molecule has 26 heavy (non-hydrogen) atoms. The number of benzene rings is 4. The van der Waals surface area contributed by atoms with Gasteiger partial charge in [-0.1, -0.05) is 84.9 Å². The van der Waals surface area contributed by atoms with E-state index in [1.54, 1.807) is 12.1 Å². The number of hydrogen-bond donors (Lipinski definition) is 0. The Kier molecular flexibility index (Phi) is 4.32. The van der Waals surface area contributed by atoms with Crippen LogP contribution in [0.25, 0.3) is 33.4 Å². The molecule has 4 aromatic carbocycles. The molecule has 126 valence electrons. The lowest BCUT2D eigenvalue weighted by atomic mass is 9.97. The second-order valence-electron chi connectivity index (χ2n) is 6.12. The fourth-order valence-corrected chi connectivity index (χ4v) is 3.09. The molecule has 0 unspecified atom stereocenters. The van der Waals surface area contributed by atoms with E-state index in [0.717, 1.165) is 11.1 Å². The van der Waals surface area contributed by atoms with Crippen molar-refractivity contribution >= 4 is 0 Å². The molecule has 0 saturated carbocycles. The Morgan fingerprint density at radius 1 is 0.385 bits per heavy atom. The van der Waals surface area contributed by atoms with E-state index in [1.165, 1.54) is 12.1 Å². The van der Waals surface area contributed by atoms with Gasteiger partial charge in [0.05, 0.1) is 0 Å². The Labute approximate surface area is 151 Å². The van der Waals surface area contributed by atoms with E-state index in [2.05, 4.69) is 0 Å². The zero-order valence-corrected chi connectivity index (χ0v) is 14.0. The molecule has 2 heteroatoms. The van der Waals surface area contributed by atoms with Crippen molar-refractivity contribution < 1.29 is 8.78 Å². The first-order chi connectivity index (χ1) is 12.7. The summed E-state index contributed by atoms with van der Waals surface area (Å²) in [5.41, 5.74) is 4.03. The summed E-state index contributed by atoms with van der Waals surface area (Å²) in [6, 6.07) is 28.8. The molecule has 0 aliphatic heterocycles. The van der Waals surface area contributed by atoms with E-state index in [0.29, 0.717) is 22.3 Å². The van der Waals surface area contributed by atoms with Crippen LogP contribution in [0.15, 0.2) is 97.1 Å². The number of hydrogen-bond acceptors (Lipinski definition) is 0. The molecule has 4 aromatic rings. The van der Waals surface area contributed by atoms with Crippen molar-refractivity contribution in [2.45, 2.75) is 0 Å². The van der Waals surface area contributed by atoms with E-state index in [-0.39, 0.29) is 11.6 Å². The normalized spacial score (nSPS) is 10.7. The molecule has 0 spiro atoms. The highest BCUT2D eigenvalue weighted by Crippen LogP contribution is 2.31. The van der Waals surface area contributed by atoms with E-state index in [1.807, 2.05) is 72.8 Å². The molecule has 0 fully saturated rings. The lowest BCUT2D eigenvalue weighted by Crippen LogP contribution is -1.89. The zero-order chi connectivity index (χ0) is 17.9. The van der Waals surface area contributed by atoms with Crippen molar-refractivity contribution in [3.63, 3.8) is 0 Å². The Bertz CT molecular complexity index is 951. The minimum Gasteiger partial charge on any atom is -0.206 e. The fourth-order valence-electron chi connectivity index (χ4n) is 3.09. The average Bonchev–Trinajstić information content (AvgIpc) is 2.69. The highest BCUT2D eigenvalue weighted by atomic mass is 19.1. The van der Waals surface area contributed by atoms with E-state index < -0.39 is 0 Å². The molecular formula is C24H16F2. The van der Waals surface area contributed by atoms with Crippen molar-refractivity contribution in [3.05, 3.63) is 109 Å². The van der Waals surface area contributed by atoms with Gasteiger partial charge >= 0.3 is 0 Å². The summed E-state index contributed by atoms with van der Waals surface area (Å²) >= 11 is 0. The Morgan fingerprint density at radius 2 is 0.769 bits per heavy atom. The first-order valence-corrected chi connectivity index (χ1v) is 8.43. The molecule has 0 N–H and O–H groups in total. The molecule has 0 bridgehead atoms. The van der Waals surface area contributed by atoms with Crippen molar-refractivity contribution in [2.75, 3.05) is 0 Å². The Morgan fingerprint density at radius 3 is 1.12 bits per heavy atom. The highest BCUT2D eigenvalue weighted by molar-refractivity contribution is 5.74. The smallest absolute Gasteiger partial charge is 0.131 e. The SMILES string of the molecule is Fc1cc(-c2ccc(-c3ccccc3)c(F)c2)ccc1-c1ccccc1. The minimum atomic E-state index is -0.318. The van der Waals surface area contributed by atoms with Crippen LogP contribution in [0.5, 0.6) is 0 Å². The molecule has 0 aliphatic carbocycles. The lowest BCUT2D eigenvalue weighted by Gasteiger charge is -2.09. The Balaban J connectivity index is 1.70. The van der Waals surface area contributed by atoms with Crippen LogP contribution in [0.2, 0.25) is 0 Å². The van der Waals surface area contributed by atoms with Gasteiger partial charge in [-0.2, -0.15) is 0 Å². The molecule has 0 atom stereocenters. The van der Waals surface area contributed by atoms with Crippen molar-refractivity contribution in [3.8, 4) is 33.4 Å². The molecule has 0 aliphatic rings. The topological polar surface area (TPSA) is 0 Å². The maximum Gasteiger partial charge on any atom is 0.131 e. The van der Waals surface area contributed by atoms with Crippen LogP contribution in [0.3, 0.4) is 0 Å². The maximum atomic E-state index is 14.6. The molecular weight excluding hydrogens is 326 g/mol. The van der Waals surface area contributed by atoms with Crippen molar-refractivity contribution in [1.82, 2.24) is 0 Å². The van der Waals surface area contributed by atoms with Gasteiger partial charge in [0.15, 0.2) is 0 Å².